The van der Waals surface area contributed by atoms with Gasteiger partial charge in [-0.15, -0.1) is 0 Å². The summed E-state index contributed by atoms with van der Waals surface area (Å²) in [5.41, 5.74) is 0. The Hall–Kier alpha value is 0.548. The highest BCUT2D eigenvalue weighted by atomic mass is 28.5. The predicted octanol–water partition coefficient (Wildman–Crippen LogP) is 3.72. The predicted molar refractivity (Wildman–Crippen MR) is 127 cm³/mol. The molecule has 1 unspecified atom stereocenters. The van der Waals surface area contributed by atoms with Gasteiger partial charge in [-0.05, 0) is 64.7 Å². The van der Waals surface area contributed by atoms with Crippen LogP contribution in [-0.2, 0) is 35.4 Å². The summed E-state index contributed by atoms with van der Waals surface area (Å²) in [6, 6.07) is 2.61. The van der Waals surface area contributed by atoms with Gasteiger partial charge >= 0.3 is 17.6 Å². The highest BCUT2D eigenvalue weighted by Gasteiger charge is 2.52. The molecule has 1 fully saturated rings. The first-order valence-electron chi connectivity index (χ1n) is 10.9. The van der Waals surface area contributed by atoms with Gasteiger partial charge in [0.05, 0.1) is 13.2 Å². The van der Waals surface area contributed by atoms with Gasteiger partial charge in [0.1, 0.15) is 6.10 Å². The summed E-state index contributed by atoms with van der Waals surface area (Å²) in [4.78, 5) is 0. The van der Waals surface area contributed by atoms with E-state index in [-0.39, 0.29) is 6.10 Å². The van der Waals surface area contributed by atoms with Crippen LogP contribution in [0.2, 0.25) is 50.9 Å². The molecule has 0 aromatic heterocycles. The van der Waals surface area contributed by atoms with Crippen LogP contribution < -0.4 is 0 Å². The largest absolute Gasteiger partial charge is 0.657 e. The molecule has 8 nitrogen and oxygen atoms in total. The molecule has 0 aromatic carbocycles. The van der Waals surface area contributed by atoms with Crippen LogP contribution in [0.15, 0.2) is 0 Å². The van der Waals surface area contributed by atoms with Crippen LogP contribution in [-0.4, -0.2) is 87.6 Å². The first-order valence-corrected chi connectivity index (χ1v) is 21.3. The molecule has 1 aliphatic heterocycles. The zero-order valence-electron chi connectivity index (χ0n) is 20.5. The molecule has 30 heavy (non-hydrogen) atoms. The molecule has 0 aromatic rings. The summed E-state index contributed by atoms with van der Waals surface area (Å²) in [6.07, 6.45) is 0.278. The van der Waals surface area contributed by atoms with Crippen molar-refractivity contribution in [3.63, 3.8) is 0 Å². The van der Waals surface area contributed by atoms with Crippen LogP contribution in [0.5, 0.6) is 0 Å². The van der Waals surface area contributed by atoms with Crippen molar-refractivity contribution in [1.82, 2.24) is 0 Å². The van der Waals surface area contributed by atoms with E-state index in [1.807, 2.05) is 13.8 Å². The molecule has 0 amide bonds. The van der Waals surface area contributed by atoms with Gasteiger partial charge in [0.25, 0.3) is 0 Å². The lowest BCUT2D eigenvalue weighted by atomic mass is 10.5. The Kier molecular flexibility index (Phi) is 12.1. The van der Waals surface area contributed by atoms with E-state index in [4.69, 9.17) is 35.4 Å². The molecule has 12 heteroatoms. The molecule has 0 aliphatic carbocycles. The van der Waals surface area contributed by atoms with Crippen LogP contribution in [0.3, 0.4) is 0 Å². The Balaban J connectivity index is 2.68. The van der Waals surface area contributed by atoms with Crippen molar-refractivity contribution in [3.05, 3.63) is 0 Å². The summed E-state index contributed by atoms with van der Waals surface area (Å²) in [7, 11) is -6.48. The van der Waals surface area contributed by atoms with E-state index < -0.39 is 34.2 Å². The van der Waals surface area contributed by atoms with E-state index in [0.29, 0.717) is 26.4 Å². The smallest absolute Gasteiger partial charge is 0.395 e. The molecule has 0 saturated carbocycles. The number of rotatable bonds is 18. The van der Waals surface area contributed by atoms with Crippen molar-refractivity contribution in [1.29, 1.82) is 0 Å². The van der Waals surface area contributed by atoms with Gasteiger partial charge in [-0.1, -0.05) is 0 Å². The maximum atomic E-state index is 6.56. The Morgan fingerprint density at radius 3 is 1.73 bits per heavy atom. The van der Waals surface area contributed by atoms with Gasteiger partial charge in [0.2, 0.25) is 0 Å². The monoisotopic (exact) mass is 500 g/mol. The molecule has 1 rings (SSSR count). The second kappa shape index (κ2) is 12.7. The topological polar surface area (TPSA) is 77.1 Å². The fourth-order valence-corrected chi connectivity index (χ4v) is 17.8. The molecule has 0 N–H and O–H groups in total. The van der Waals surface area contributed by atoms with E-state index >= 15 is 0 Å². The van der Waals surface area contributed by atoms with Crippen LogP contribution >= 0.6 is 0 Å². The van der Waals surface area contributed by atoms with E-state index in [0.717, 1.165) is 24.7 Å². The normalized spacial score (nSPS) is 18.1. The maximum absolute atomic E-state index is 6.56. The average Bonchev–Trinajstić information content (AvgIpc) is 3.48. The van der Waals surface area contributed by atoms with Crippen molar-refractivity contribution in [2.24, 2.45) is 0 Å². The van der Waals surface area contributed by atoms with Crippen LogP contribution in [0.4, 0.5) is 0 Å². The highest BCUT2D eigenvalue weighted by Crippen LogP contribution is 2.29. The average molecular weight is 501 g/mol. The third kappa shape index (κ3) is 10.9. The number of ether oxygens (including phenoxy) is 2. The van der Waals surface area contributed by atoms with E-state index in [2.05, 4.69) is 32.7 Å². The van der Waals surface area contributed by atoms with Gasteiger partial charge in [-0.2, -0.15) is 0 Å². The summed E-state index contributed by atoms with van der Waals surface area (Å²) in [5, 5.41) is 0. The molecule has 0 spiro atoms. The molecular formula is C18H44O8Si4. The standard InChI is InChI=1S/C18H44O8Si4/c1-10-23-29(9,24-11-2)15-14-28(7,8)26-30(19-3,20-4)25-27(5,6)13-12-21-16-18-17-22-18/h18H,10-17H2,1-9H3. The van der Waals surface area contributed by atoms with Gasteiger partial charge in [-0.25, -0.2) is 0 Å². The quantitative estimate of drug-likeness (QED) is 0.160. The van der Waals surface area contributed by atoms with Crippen LogP contribution in [0, 0.1) is 0 Å². The zero-order valence-corrected chi connectivity index (χ0v) is 24.5. The first kappa shape index (κ1) is 28.6. The molecule has 1 atom stereocenters. The lowest BCUT2D eigenvalue weighted by Gasteiger charge is -2.39. The number of hydrogen-bond acceptors (Lipinski definition) is 8. The highest BCUT2D eigenvalue weighted by molar-refractivity contribution is 6.85. The summed E-state index contributed by atoms with van der Waals surface area (Å²) < 4.78 is 47.5. The molecule has 1 saturated heterocycles. The zero-order chi connectivity index (χ0) is 22.9. The van der Waals surface area contributed by atoms with Gasteiger partial charge in [0.15, 0.2) is 16.6 Å². The third-order valence-corrected chi connectivity index (χ3v) is 18.7. The summed E-state index contributed by atoms with van der Waals surface area (Å²) in [6.45, 7) is 18.2. The minimum Gasteiger partial charge on any atom is -0.395 e. The maximum Gasteiger partial charge on any atom is 0.657 e. The Morgan fingerprint density at radius 2 is 1.30 bits per heavy atom. The molecular weight excluding hydrogens is 457 g/mol. The lowest BCUT2D eigenvalue weighted by Crippen LogP contribution is -2.59. The van der Waals surface area contributed by atoms with Gasteiger partial charge in [-0.3, -0.25) is 0 Å². The fraction of sp³-hybridized carbons (Fsp3) is 1.00. The number of epoxide rings is 1. The van der Waals surface area contributed by atoms with Crippen molar-refractivity contribution in [2.45, 2.75) is 70.8 Å². The molecule has 1 aliphatic rings. The van der Waals surface area contributed by atoms with E-state index in [9.17, 15) is 0 Å². The van der Waals surface area contributed by atoms with Crippen LogP contribution in [0.1, 0.15) is 13.8 Å². The first-order chi connectivity index (χ1) is 13.9. The van der Waals surface area contributed by atoms with Crippen LogP contribution in [0.25, 0.3) is 0 Å². The molecule has 180 valence electrons. The Morgan fingerprint density at radius 1 is 0.800 bits per heavy atom. The minimum atomic E-state index is -3.24. The SMILES string of the molecule is CCO[Si](C)(CC[Si](C)(C)O[Si](OC)(OC)O[Si](C)(C)CCOCC1CO1)OCC. The van der Waals surface area contributed by atoms with E-state index in [1.54, 1.807) is 14.2 Å². The third-order valence-electron chi connectivity index (χ3n) is 4.94. The van der Waals surface area contributed by atoms with E-state index in [1.165, 1.54) is 0 Å². The minimum absolute atomic E-state index is 0.278. The summed E-state index contributed by atoms with van der Waals surface area (Å²) >= 11 is 0. The molecule has 1 heterocycles. The fourth-order valence-electron chi connectivity index (χ4n) is 3.07. The lowest BCUT2D eigenvalue weighted by molar-refractivity contribution is 0.0736. The number of hydrogen-bond donors (Lipinski definition) is 0. The summed E-state index contributed by atoms with van der Waals surface area (Å²) in [5.74, 6) is 0. The van der Waals surface area contributed by atoms with Crippen molar-refractivity contribution >= 4 is 34.2 Å². The van der Waals surface area contributed by atoms with Gasteiger partial charge in [0, 0.05) is 34.0 Å². The second-order valence-electron chi connectivity index (χ2n) is 8.91. The van der Waals surface area contributed by atoms with Crippen molar-refractivity contribution in [3.8, 4) is 0 Å². The van der Waals surface area contributed by atoms with Crippen molar-refractivity contribution in [2.75, 3.05) is 47.3 Å². The molecule has 0 radical (unpaired) electrons. The van der Waals surface area contributed by atoms with Gasteiger partial charge < -0.3 is 35.4 Å². The Labute approximate surface area is 187 Å². The second-order valence-corrected chi connectivity index (χ2v) is 23.7. The molecule has 0 bridgehead atoms. The van der Waals surface area contributed by atoms with Crippen molar-refractivity contribution < 1.29 is 35.4 Å². The Bertz CT molecular complexity index is 481.